The van der Waals surface area contributed by atoms with E-state index in [1.165, 1.54) is 5.09 Å². The molecule has 0 aliphatic carbocycles. The Labute approximate surface area is 162 Å². The number of carbonyl (C=O) groups is 2. The molecular formula is C15H26NO11P. The summed E-state index contributed by atoms with van der Waals surface area (Å²) in [5.74, 6) is -0.118. The minimum absolute atomic E-state index is 0.0619. The van der Waals surface area contributed by atoms with Crippen molar-refractivity contribution in [2.24, 2.45) is 0 Å². The van der Waals surface area contributed by atoms with Crippen LogP contribution in [0.1, 0.15) is 0 Å². The van der Waals surface area contributed by atoms with E-state index < -0.39 is 13.8 Å². The molecule has 12 nitrogen and oxygen atoms in total. The van der Waals surface area contributed by atoms with Crippen molar-refractivity contribution in [3.8, 4) is 0 Å². The molecule has 0 aromatic rings. The molecule has 162 valence electrons. The lowest BCUT2D eigenvalue weighted by molar-refractivity contribution is -0.117. The standard InChI is InChI=1S/C15H26NO11P/c1-12(14(17)13-11-27-13)10-25-7-6-23-3-2-22-4-5-24-8-9-26-15(18)16-28(19,20)21/h13H,1-11H2,(H3,16,18,19,20,21). The Kier molecular flexibility index (Phi) is 12.1. The third kappa shape index (κ3) is 13.7. The van der Waals surface area contributed by atoms with Gasteiger partial charge in [0, 0.05) is 5.57 Å². The predicted molar refractivity (Wildman–Crippen MR) is 93.7 cm³/mol. The number of ether oxygens (including phenoxy) is 6. The van der Waals surface area contributed by atoms with Gasteiger partial charge in [-0.15, -0.1) is 0 Å². The maximum absolute atomic E-state index is 11.5. The van der Waals surface area contributed by atoms with Crippen LogP contribution in [0.5, 0.6) is 0 Å². The third-order valence-corrected chi connectivity index (χ3v) is 3.54. The molecule has 1 atom stereocenters. The fourth-order valence-corrected chi connectivity index (χ4v) is 2.00. The van der Waals surface area contributed by atoms with Crippen LogP contribution in [0.4, 0.5) is 4.79 Å². The Balaban J connectivity index is 1.77. The van der Waals surface area contributed by atoms with Gasteiger partial charge in [0.25, 0.3) is 0 Å². The number of hydrogen-bond donors (Lipinski definition) is 3. The van der Waals surface area contributed by atoms with Crippen LogP contribution in [0.3, 0.4) is 0 Å². The van der Waals surface area contributed by atoms with Gasteiger partial charge in [-0.25, -0.2) is 14.4 Å². The van der Waals surface area contributed by atoms with Gasteiger partial charge in [0.2, 0.25) is 0 Å². The van der Waals surface area contributed by atoms with E-state index in [0.29, 0.717) is 45.2 Å². The van der Waals surface area contributed by atoms with Crippen molar-refractivity contribution >= 4 is 19.6 Å². The van der Waals surface area contributed by atoms with Crippen molar-refractivity contribution < 1.29 is 52.4 Å². The molecule has 1 fully saturated rings. The molecule has 0 saturated carbocycles. The van der Waals surface area contributed by atoms with Gasteiger partial charge in [-0.3, -0.25) is 4.79 Å². The van der Waals surface area contributed by atoms with E-state index in [9.17, 15) is 14.2 Å². The monoisotopic (exact) mass is 427 g/mol. The van der Waals surface area contributed by atoms with Crippen LogP contribution in [0.15, 0.2) is 12.2 Å². The fraction of sp³-hybridized carbons (Fsp3) is 0.733. The molecule has 0 radical (unpaired) electrons. The van der Waals surface area contributed by atoms with Crippen LogP contribution >= 0.6 is 7.75 Å². The Bertz CT molecular complexity index is 546. The third-order valence-electron chi connectivity index (χ3n) is 3.06. The average molecular weight is 427 g/mol. The molecule has 3 N–H and O–H groups in total. The lowest BCUT2D eigenvalue weighted by atomic mass is 10.1. The van der Waals surface area contributed by atoms with Crippen LogP contribution in [0.25, 0.3) is 0 Å². The largest absolute Gasteiger partial charge is 0.447 e. The topological polar surface area (TPSA) is 162 Å². The highest BCUT2D eigenvalue weighted by Crippen LogP contribution is 2.27. The summed E-state index contributed by atoms with van der Waals surface area (Å²) in [6.07, 6.45) is -1.56. The molecule has 1 amide bonds. The molecule has 0 aromatic carbocycles. The van der Waals surface area contributed by atoms with Crippen LogP contribution in [-0.2, 0) is 37.8 Å². The number of ketones is 1. The summed E-state index contributed by atoms with van der Waals surface area (Å²) in [6, 6.07) is 0. The zero-order valence-electron chi connectivity index (χ0n) is 15.4. The second kappa shape index (κ2) is 13.7. The van der Waals surface area contributed by atoms with E-state index in [4.69, 9.17) is 33.5 Å². The van der Waals surface area contributed by atoms with Crippen molar-refractivity contribution in [3.05, 3.63) is 12.2 Å². The lowest BCUT2D eigenvalue weighted by Gasteiger charge is -2.09. The minimum Gasteiger partial charge on any atom is -0.447 e. The van der Waals surface area contributed by atoms with E-state index in [2.05, 4.69) is 11.3 Å². The van der Waals surface area contributed by atoms with Crippen LogP contribution < -0.4 is 5.09 Å². The van der Waals surface area contributed by atoms with Crippen LogP contribution in [0, 0.1) is 0 Å². The van der Waals surface area contributed by atoms with Gasteiger partial charge < -0.3 is 38.2 Å². The first-order valence-electron chi connectivity index (χ1n) is 8.45. The maximum Gasteiger partial charge on any atom is 0.432 e. The normalized spacial score (nSPS) is 15.9. The molecule has 1 unspecified atom stereocenters. The molecule has 1 aliphatic heterocycles. The Morgan fingerprint density at radius 3 is 1.89 bits per heavy atom. The minimum atomic E-state index is -4.65. The molecule has 0 bridgehead atoms. The van der Waals surface area contributed by atoms with Crippen molar-refractivity contribution in [1.29, 1.82) is 0 Å². The first-order valence-corrected chi connectivity index (χ1v) is 10.1. The van der Waals surface area contributed by atoms with Gasteiger partial charge in [-0.05, 0) is 0 Å². The molecular weight excluding hydrogens is 401 g/mol. The summed E-state index contributed by atoms with van der Waals surface area (Å²) >= 11 is 0. The first kappa shape index (κ1) is 24.7. The zero-order valence-corrected chi connectivity index (χ0v) is 16.3. The Morgan fingerprint density at radius 1 is 0.964 bits per heavy atom. The molecule has 1 heterocycles. The van der Waals surface area contributed by atoms with Gasteiger partial charge in [0.15, 0.2) is 5.78 Å². The number of carbonyl (C=O) groups excluding carboxylic acids is 2. The number of amides is 1. The number of Topliss-reactive ketones (excluding diaryl/α,β-unsaturated/α-hetero) is 1. The number of hydrogen-bond acceptors (Lipinski definition) is 9. The van der Waals surface area contributed by atoms with Crippen molar-refractivity contribution in [2.45, 2.75) is 6.10 Å². The van der Waals surface area contributed by atoms with E-state index in [1.54, 1.807) is 0 Å². The Morgan fingerprint density at radius 2 is 1.43 bits per heavy atom. The summed E-state index contributed by atoms with van der Waals surface area (Å²) in [4.78, 5) is 39.4. The van der Waals surface area contributed by atoms with Gasteiger partial charge in [0.05, 0.1) is 59.5 Å². The summed E-state index contributed by atoms with van der Waals surface area (Å²) in [7, 11) is -4.65. The molecule has 1 rings (SSSR count). The van der Waals surface area contributed by atoms with Crippen molar-refractivity contribution in [1.82, 2.24) is 5.09 Å². The quantitative estimate of drug-likeness (QED) is 0.118. The smallest absolute Gasteiger partial charge is 0.432 e. The van der Waals surface area contributed by atoms with Crippen LogP contribution in [-0.4, -0.2) is 93.8 Å². The predicted octanol–water partition coefficient (Wildman–Crippen LogP) is -0.604. The van der Waals surface area contributed by atoms with Crippen molar-refractivity contribution in [3.63, 3.8) is 0 Å². The summed E-state index contributed by atoms with van der Waals surface area (Å²) in [6.45, 7) is 6.14. The second-order valence-electron chi connectivity index (χ2n) is 5.47. The Hall–Kier alpha value is -1.37. The molecule has 0 spiro atoms. The van der Waals surface area contributed by atoms with E-state index in [0.717, 1.165) is 0 Å². The van der Waals surface area contributed by atoms with Gasteiger partial charge in [-0.2, -0.15) is 0 Å². The second-order valence-corrected chi connectivity index (χ2v) is 6.78. The van der Waals surface area contributed by atoms with Gasteiger partial charge in [-0.1, -0.05) is 6.58 Å². The highest BCUT2D eigenvalue weighted by atomic mass is 31.2. The zero-order chi connectivity index (χ0) is 20.8. The number of epoxide rings is 1. The fourth-order valence-electron chi connectivity index (χ4n) is 1.70. The highest BCUT2D eigenvalue weighted by Gasteiger charge is 2.32. The lowest BCUT2D eigenvalue weighted by Crippen LogP contribution is -2.23. The van der Waals surface area contributed by atoms with Gasteiger partial charge in [0.1, 0.15) is 12.7 Å². The maximum atomic E-state index is 11.5. The summed E-state index contributed by atoms with van der Waals surface area (Å²) in [5.41, 5.74) is 0.388. The summed E-state index contributed by atoms with van der Waals surface area (Å²) in [5, 5.41) is 1.36. The average Bonchev–Trinajstić information content (AvgIpc) is 3.44. The van der Waals surface area contributed by atoms with E-state index in [-0.39, 0.29) is 38.3 Å². The summed E-state index contributed by atoms with van der Waals surface area (Å²) < 4.78 is 40.7. The van der Waals surface area contributed by atoms with Gasteiger partial charge >= 0.3 is 13.8 Å². The number of nitrogens with one attached hydrogen (secondary N) is 1. The molecule has 28 heavy (non-hydrogen) atoms. The van der Waals surface area contributed by atoms with Crippen molar-refractivity contribution in [2.75, 3.05) is 66.1 Å². The first-order chi connectivity index (χ1) is 13.3. The highest BCUT2D eigenvalue weighted by molar-refractivity contribution is 7.50. The SMILES string of the molecule is C=C(COCCOCCOCCOCCOC(=O)NP(=O)(O)O)C(=O)C1CO1. The van der Waals surface area contributed by atoms with E-state index in [1.807, 2.05) is 0 Å². The molecule has 0 aromatic heterocycles. The molecule has 13 heteroatoms. The molecule has 1 aliphatic rings. The molecule has 1 saturated heterocycles. The van der Waals surface area contributed by atoms with Crippen LogP contribution in [0.2, 0.25) is 0 Å². The number of rotatable bonds is 17. The van der Waals surface area contributed by atoms with E-state index >= 15 is 0 Å².